The Morgan fingerprint density at radius 3 is 2.20 bits per heavy atom. The van der Waals surface area contributed by atoms with Gasteiger partial charge in [0.25, 0.3) is 0 Å². The minimum Gasteiger partial charge on any atom is -0.494 e. The van der Waals surface area contributed by atoms with Crippen LogP contribution in [0.4, 0.5) is 5.69 Å². The van der Waals surface area contributed by atoms with Gasteiger partial charge < -0.3 is 15.2 Å². The molecule has 0 saturated heterocycles. The zero-order chi connectivity index (χ0) is 18.1. The number of benzene rings is 1. The highest BCUT2D eigenvalue weighted by atomic mass is 16.5. The third kappa shape index (κ3) is 3.06. The molecule has 2 N–H and O–H groups in total. The Bertz CT molecular complexity index is 743. The summed E-state index contributed by atoms with van der Waals surface area (Å²) in [6.45, 7) is 6.45. The maximum atomic E-state index is 12.8. The number of carbonyl (C=O) groups is 2. The predicted octanol–water partition coefficient (Wildman–Crippen LogP) is 3.49. The average molecular weight is 341 g/mol. The second-order valence-electron chi connectivity index (χ2n) is 6.73. The molecule has 132 valence electrons. The average Bonchev–Trinajstić information content (AvgIpc) is 3.13. The summed E-state index contributed by atoms with van der Waals surface area (Å²) in [7, 11) is 0. The van der Waals surface area contributed by atoms with E-state index in [9.17, 15) is 14.7 Å². The van der Waals surface area contributed by atoms with Crippen molar-refractivity contribution >= 4 is 17.6 Å². The fraction of sp³-hybridized carbons (Fsp3) is 0.400. The lowest BCUT2D eigenvalue weighted by Crippen LogP contribution is -2.36. The van der Waals surface area contributed by atoms with E-state index in [-0.39, 0.29) is 17.7 Å². The smallest absolute Gasteiger partial charge is 0.308 e. The normalized spacial score (nSPS) is 26.6. The van der Waals surface area contributed by atoms with E-state index < -0.39 is 17.8 Å². The van der Waals surface area contributed by atoms with E-state index >= 15 is 0 Å². The fourth-order valence-electron chi connectivity index (χ4n) is 4.07. The molecule has 1 fully saturated rings. The van der Waals surface area contributed by atoms with Gasteiger partial charge in [-0.15, -0.1) is 0 Å². The number of anilines is 1. The van der Waals surface area contributed by atoms with Crippen LogP contribution in [0.3, 0.4) is 0 Å². The Labute approximate surface area is 147 Å². The van der Waals surface area contributed by atoms with Crippen LogP contribution >= 0.6 is 0 Å². The quantitative estimate of drug-likeness (QED) is 0.804. The second-order valence-corrected chi connectivity index (χ2v) is 6.73. The first-order valence-corrected chi connectivity index (χ1v) is 8.56. The van der Waals surface area contributed by atoms with Crippen LogP contribution < -0.4 is 10.1 Å². The highest BCUT2D eigenvalue weighted by Gasteiger charge is 2.54. The molecule has 0 aliphatic heterocycles. The number of hydrogen-bond acceptors (Lipinski definition) is 3. The molecule has 5 heteroatoms. The van der Waals surface area contributed by atoms with Crippen molar-refractivity contribution in [1.29, 1.82) is 0 Å². The van der Waals surface area contributed by atoms with Gasteiger partial charge in [0.2, 0.25) is 5.91 Å². The molecule has 2 bridgehead atoms. The third-order valence-corrected chi connectivity index (χ3v) is 5.00. The number of aliphatic carboxylic acids is 1. The molecule has 0 spiro atoms. The van der Waals surface area contributed by atoms with Crippen molar-refractivity contribution in [3.63, 3.8) is 0 Å². The number of nitrogens with one attached hydrogen (secondary N) is 1. The van der Waals surface area contributed by atoms with Crippen LogP contribution in [0.5, 0.6) is 5.75 Å². The number of carboxylic acids is 1. The number of allylic oxidation sites excluding steroid dienone is 4. The molecule has 1 aromatic carbocycles. The fourth-order valence-corrected chi connectivity index (χ4v) is 4.07. The summed E-state index contributed by atoms with van der Waals surface area (Å²) < 4.78 is 5.39. The zero-order valence-electron chi connectivity index (χ0n) is 14.7. The van der Waals surface area contributed by atoms with E-state index in [1.54, 1.807) is 24.3 Å². The van der Waals surface area contributed by atoms with Gasteiger partial charge in [0.1, 0.15) is 5.75 Å². The molecular formula is C20H23NO4. The highest BCUT2D eigenvalue weighted by Crippen LogP contribution is 2.53. The van der Waals surface area contributed by atoms with E-state index in [0.717, 1.165) is 16.9 Å². The van der Waals surface area contributed by atoms with Gasteiger partial charge in [0.15, 0.2) is 0 Å². The van der Waals surface area contributed by atoms with Crippen molar-refractivity contribution in [1.82, 2.24) is 0 Å². The molecule has 1 amide bonds. The summed E-state index contributed by atoms with van der Waals surface area (Å²) in [5.41, 5.74) is 2.82. The Morgan fingerprint density at radius 2 is 1.68 bits per heavy atom. The van der Waals surface area contributed by atoms with E-state index in [4.69, 9.17) is 4.74 Å². The van der Waals surface area contributed by atoms with Crippen LogP contribution in [0, 0.1) is 23.7 Å². The number of fused-ring (bicyclic) bond motifs is 2. The SMILES string of the molecule is CCOc1ccc(NC(=O)[C@H]2[C@@H](C(=O)O)[C@H]3C=C[C@H]2C3=C(C)C)cc1. The van der Waals surface area contributed by atoms with E-state index in [1.165, 1.54) is 0 Å². The van der Waals surface area contributed by atoms with Gasteiger partial charge >= 0.3 is 5.97 Å². The predicted molar refractivity (Wildman–Crippen MR) is 95.4 cm³/mol. The minimum atomic E-state index is -0.914. The van der Waals surface area contributed by atoms with Crippen LogP contribution in [0.1, 0.15) is 20.8 Å². The number of ether oxygens (including phenoxy) is 1. The van der Waals surface area contributed by atoms with Gasteiger partial charge in [-0.25, -0.2) is 0 Å². The van der Waals surface area contributed by atoms with E-state index in [0.29, 0.717) is 12.3 Å². The lowest BCUT2D eigenvalue weighted by atomic mass is 9.82. The maximum absolute atomic E-state index is 12.8. The van der Waals surface area contributed by atoms with E-state index in [1.807, 2.05) is 32.9 Å². The maximum Gasteiger partial charge on any atom is 0.308 e. The first-order chi connectivity index (χ1) is 11.9. The topological polar surface area (TPSA) is 75.6 Å². The summed E-state index contributed by atoms with van der Waals surface area (Å²) >= 11 is 0. The highest BCUT2D eigenvalue weighted by molar-refractivity contribution is 5.97. The van der Waals surface area contributed by atoms with Crippen LogP contribution in [0.25, 0.3) is 0 Å². The monoisotopic (exact) mass is 341 g/mol. The largest absolute Gasteiger partial charge is 0.494 e. The summed E-state index contributed by atoms with van der Waals surface area (Å²) in [6, 6.07) is 7.11. The molecule has 2 aliphatic carbocycles. The van der Waals surface area contributed by atoms with Crippen LogP contribution in [-0.2, 0) is 9.59 Å². The number of carboxylic acid groups (broad SMARTS) is 1. The molecule has 2 aliphatic rings. The van der Waals surface area contributed by atoms with Crippen molar-refractivity contribution < 1.29 is 19.4 Å². The van der Waals surface area contributed by atoms with Crippen molar-refractivity contribution in [3.05, 3.63) is 47.6 Å². The summed E-state index contributed by atoms with van der Waals surface area (Å²) in [5.74, 6) is -2.01. The molecule has 0 aromatic heterocycles. The molecule has 1 saturated carbocycles. The molecule has 4 atom stereocenters. The lowest BCUT2D eigenvalue weighted by Gasteiger charge is -2.23. The summed E-state index contributed by atoms with van der Waals surface area (Å²) in [6.07, 6.45) is 3.92. The molecule has 0 heterocycles. The van der Waals surface area contributed by atoms with Crippen LogP contribution in [0.2, 0.25) is 0 Å². The second kappa shape index (κ2) is 6.75. The molecule has 1 aromatic rings. The van der Waals surface area contributed by atoms with Crippen LogP contribution in [0.15, 0.2) is 47.6 Å². The number of hydrogen-bond donors (Lipinski definition) is 2. The van der Waals surface area contributed by atoms with Gasteiger partial charge in [-0.1, -0.05) is 23.3 Å². The van der Waals surface area contributed by atoms with Crippen molar-refractivity contribution in [2.45, 2.75) is 20.8 Å². The number of amides is 1. The van der Waals surface area contributed by atoms with Crippen molar-refractivity contribution in [3.8, 4) is 5.75 Å². The third-order valence-electron chi connectivity index (χ3n) is 5.00. The van der Waals surface area contributed by atoms with Crippen molar-refractivity contribution in [2.75, 3.05) is 11.9 Å². The Morgan fingerprint density at radius 1 is 1.08 bits per heavy atom. The minimum absolute atomic E-state index is 0.126. The summed E-state index contributed by atoms with van der Waals surface area (Å²) in [4.78, 5) is 24.6. The van der Waals surface area contributed by atoms with Gasteiger partial charge in [-0.3, -0.25) is 9.59 Å². The molecular weight excluding hydrogens is 318 g/mol. The molecule has 25 heavy (non-hydrogen) atoms. The Hall–Kier alpha value is -2.56. The standard InChI is InChI=1S/C20H23NO4/c1-4-25-13-7-5-12(6-8-13)21-19(22)17-14-9-10-15(16(14)11(2)3)18(17)20(23)24/h5-10,14-15,17-18H,4H2,1-3H3,(H,21,22)(H,23,24)/t14-,15-,17+,18-/m0/s1. The van der Waals surface area contributed by atoms with Gasteiger partial charge in [-0.2, -0.15) is 0 Å². The van der Waals surface area contributed by atoms with Crippen LogP contribution in [-0.4, -0.2) is 23.6 Å². The van der Waals surface area contributed by atoms with E-state index in [2.05, 4.69) is 5.32 Å². The molecule has 3 rings (SSSR count). The molecule has 0 radical (unpaired) electrons. The number of carbonyl (C=O) groups excluding carboxylic acids is 1. The zero-order valence-corrected chi connectivity index (χ0v) is 14.7. The summed E-state index contributed by atoms with van der Waals surface area (Å²) in [5, 5.41) is 12.5. The molecule has 5 nitrogen and oxygen atoms in total. The van der Waals surface area contributed by atoms with Gasteiger partial charge in [0, 0.05) is 17.5 Å². The Balaban J connectivity index is 1.82. The first kappa shape index (κ1) is 17.3. The lowest BCUT2D eigenvalue weighted by molar-refractivity contribution is -0.146. The first-order valence-electron chi connectivity index (χ1n) is 8.56. The molecule has 0 unspecified atom stereocenters. The van der Waals surface area contributed by atoms with Gasteiger partial charge in [0.05, 0.1) is 18.4 Å². The van der Waals surface area contributed by atoms with Crippen molar-refractivity contribution in [2.24, 2.45) is 23.7 Å². The Kier molecular flexibility index (Phi) is 4.66. The number of rotatable bonds is 5. The van der Waals surface area contributed by atoms with Gasteiger partial charge in [-0.05, 0) is 45.0 Å².